The standard InChI is InChI=1S/C23H32N4O5S/c1-16(2)17-7-11-21(12-8-17)33(31,32)27(13-3-4-22(29)30)15-20(28)14-26-19-9-5-18(6-10-19)23(24)25/h5-12,16,20,26,28H,3-4,13-15H2,1-2H3,(H3,24,25)(H,29,30). The number of amidine groups is 1. The van der Waals surface area contributed by atoms with E-state index in [1.54, 1.807) is 36.4 Å². The van der Waals surface area contributed by atoms with E-state index in [2.05, 4.69) is 5.32 Å². The second kappa shape index (κ2) is 11.8. The van der Waals surface area contributed by atoms with Crippen molar-refractivity contribution < 1.29 is 23.4 Å². The molecule has 0 aliphatic carbocycles. The van der Waals surface area contributed by atoms with Crippen LogP contribution in [-0.4, -0.2) is 60.5 Å². The molecule has 0 aliphatic rings. The van der Waals surface area contributed by atoms with Gasteiger partial charge in [-0.25, -0.2) is 8.42 Å². The monoisotopic (exact) mass is 476 g/mol. The molecular formula is C23H32N4O5S. The number of carboxylic acids is 1. The van der Waals surface area contributed by atoms with Crippen LogP contribution in [0.4, 0.5) is 5.69 Å². The van der Waals surface area contributed by atoms with Gasteiger partial charge < -0.3 is 21.3 Å². The Balaban J connectivity index is 2.11. The third kappa shape index (κ3) is 7.85. The van der Waals surface area contributed by atoms with E-state index in [4.69, 9.17) is 16.2 Å². The summed E-state index contributed by atoms with van der Waals surface area (Å²) in [5, 5.41) is 29.9. The first-order chi connectivity index (χ1) is 15.5. The fraction of sp³-hybridized carbons (Fsp3) is 0.391. The quantitative estimate of drug-likeness (QED) is 0.219. The molecule has 0 bridgehead atoms. The zero-order valence-corrected chi connectivity index (χ0v) is 19.7. The maximum absolute atomic E-state index is 13.2. The molecule has 0 saturated carbocycles. The fourth-order valence-electron chi connectivity index (χ4n) is 3.19. The first kappa shape index (κ1) is 26.3. The predicted octanol–water partition coefficient (Wildman–Crippen LogP) is 2.42. The second-order valence-corrected chi connectivity index (χ2v) is 10.0. The summed E-state index contributed by atoms with van der Waals surface area (Å²) < 4.78 is 27.6. The van der Waals surface area contributed by atoms with Gasteiger partial charge in [-0.15, -0.1) is 0 Å². The normalized spacial score (nSPS) is 12.6. The van der Waals surface area contributed by atoms with Crippen molar-refractivity contribution in [1.29, 1.82) is 5.41 Å². The number of sulfonamides is 1. The summed E-state index contributed by atoms with van der Waals surface area (Å²) in [5.74, 6) is -0.805. The Bertz CT molecular complexity index is 1040. The number of anilines is 1. The molecule has 2 rings (SSSR count). The van der Waals surface area contributed by atoms with E-state index in [-0.39, 0.29) is 49.1 Å². The number of hydrogen-bond acceptors (Lipinski definition) is 6. The summed E-state index contributed by atoms with van der Waals surface area (Å²) in [7, 11) is -3.92. The van der Waals surface area contributed by atoms with Crippen LogP contribution in [0.25, 0.3) is 0 Å². The molecule has 0 spiro atoms. The topological polar surface area (TPSA) is 157 Å². The van der Waals surface area contributed by atoms with Crippen molar-refractivity contribution in [2.45, 2.75) is 43.6 Å². The SMILES string of the molecule is CC(C)c1ccc(S(=O)(=O)N(CCCC(=O)O)CC(O)CNc2ccc(C(=N)N)cc2)cc1. The highest BCUT2D eigenvalue weighted by molar-refractivity contribution is 7.89. The van der Waals surface area contributed by atoms with E-state index >= 15 is 0 Å². The van der Waals surface area contributed by atoms with Gasteiger partial charge in [0.15, 0.2) is 0 Å². The van der Waals surface area contributed by atoms with Gasteiger partial charge in [-0.3, -0.25) is 10.2 Å². The molecule has 33 heavy (non-hydrogen) atoms. The lowest BCUT2D eigenvalue weighted by atomic mass is 10.0. The number of nitrogens with two attached hydrogens (primary N) is 1. The highest BCUT2D eigenvalue weighted by Crippen LogP contribution is 2.21. The van der Waals surface area contributed by atoms with Crippen LogP contribution in [0.1, 0.15) is 43.7 Å². The summed E-state index contributed by atoms with van der Waals surface area (Å²) in [4.78, 5) is 11.0. The lowest BCUT2D eigenvalue weighted by molar-refractivity contribution is -0.137. The average Bonchev–Trinajstić information content (AvgIpc) is 2.77. The van der Waals surface area contributed by atoms with Gasteiger partial charge in [0, 0.05) is 37.3 Å². The van der Waals surface area contributed by atoms with E-state index in [0.29, 0.717) is 11.3 Å². The molecule has 1 unspecified atom stereocenters. The lowest BCUT2D eigenvalue weighted by Gasteiger charge is -2.25. The Kier molecular flexibility index (Phi) is 9.39. The van der Waals surface area contributed by atoms with Gasteiger partial charge >= 0.3 is 5.97 Å². The smallest absolute Gasteiger partial charge is 0.303 e. The molecule has 1 atom stereocenters. The van der Waals surface area contributed by atoms with Crippen LogP contribution in [0.15, 0.2) is 53.4 Å². The van der Waals surface area contributed by atoms with Crippen LogP contribution >= 0.6 is 0 Å². The molecule has 0 aliphatic heterocycles. The van der Waals surface area contributed by atoms with Gasteiger partial charge in [-0.05, 0) is 54.3 Å². The number of aliphatic hydroxyl groups is 1. The number of carboxylic acid groups (broad SMARTS) is 1. The van der Waals surface area contributed by atoms with Gasteiger partial charge in [-0.2, -0.15) is 4.31 Å². The molecular weight excluding hydrogens is 444 g/mol. The molecule has 180 valence electrons. The Morgan fingerprint density at radius 2 is 1.73 bits per heavy atom. The van der Waals surface area contributed by atoms with E-state index in [1.165, 1.54) is 12.1 Å². The number of nitrogen functional groups attached to an aromatic ring is 1. The predicted molar refractivity (Wildman–Crippen MR) is 128 cm³/mol. The molecule has 0 aromatic heterocycles. The van der Waals surface area contributed by atoms with Crippen LogP contribution in [0, 0.1) is 5.41 Å². The van der Waals surface area contributed by atoms with Crippen LogP contribution in [0.2, 0.25) is 0 Å². The third-order valence-corrected chi connectivity index (χ3v) is 7.01. The largest absolute Gasteiger partial charge is 0.481 e. The van der Waals surface area contributed by atoms with Crippen molar-refractivity contribution in [3.8, 4) is 0 Å². The van der Waals surface area contributed by atoms with Crippen molar-refractivity contribution in [2.24, 2.45) is 5.73 Å². The third-order valence-electron chi connectivity index (χ3n) is 5.13. The van der Waals surface area contributed by atoms with Crippen LogP contribution < -0.4 is 11.1 Å². The highest BCUT2D eigenvalue weighted by atomic mass is 32.2. The molecule has 9 nitrogen and oxygen atoms in total. The van der Waals surface area contributed by atoms with Gasteiger partial charge in [0.1, 0.15) is 5.84 Å². The molecule has 0 fully saturated rings. The van der Waals surface area contributed by atoms with Gasteiger partial charge in [0.2, 0.25) is 10.0 Å². The number of rotatable bonds is 13. The van der Waals surface area contributed by atoms with Crippen molar-refractivity contribution >= 4 is 27.5 Å². The number of hydrogen-bond donors (Lipinski definition) is 5. The minimum atomic E-state index is -3.92. The number of aliphatic carboxylic acids is 1. The number of nitrogens with zero attached hydrogens (tertiary/aromatic N) is 1. The Hall–Kier alpha value is -2.95. The Morgan fingerprint density at radius 1 is 1.12 bits per heavy atom. The number of aliphatic hydroxyl groups excluding tert-OH is 1. The molecule has 6 N–H and O–H groups in total. The first-order valence-corrected chi connectivity index (χ1v) is 12.1. The zero-order chi connectivity index (χ0) is 24.6. The Morgan fingerprint density at radius 3 is 2.24 bits per heavy atom. The summed E-state index contributed by atoms with van der Waals surface area (Å²) in [5.41, 5.74) is 7.69. The van der Waals surface area contributed by atoms with Gasteiger partial charge in [0.05, 0.1) is 11.0 Å². The number of carbonyl (C=O) groups is 1. The summed E-state index contributed by atoms with van der Waals surface area (Å²) in [6.45, 7) is 3.89. The zero-order valence-electron chi connectivity index (χ0n) is 18.9. The average molecular weight is 477 g/mol. The molecule has 2 aromatic carbocycles. The maximum Gasteiger partial charge on any atom is 0.303 e. The van der Waals surface area contributed by atoms with E-state index in [1.807, 2.05) is 13.8 Å². The van der Waals surface area contributed by atoms with Crippen molar-refractivity contribution in [2.75, 3.05) is 25.0 Å². The summed E-state index contributed by atoms with van der Waals surface area (Å²) >= 11 is 0. The second-order valence-electron chi connectivity index (χ2n) is 8.11. The number of benzene rings is 2. The Labute approximate surface area is 194 Å². The van der Waals surface area contributed by atoms with E-state index in [9.17, 15) is 18.3 Å². The molecule has 2 aromatic rings. The summed E-state index contributed by atoms with van der Waals surface area (Å²) in [6, 6.07) is 13.3. The van der Waals surface area contributed by atoms with Crippen LogP contribution in [0.3, 0.4) is 0 Å². The van der Waals surface area contributed by atoms with E-state index < -0.39 is 22.1 Å². The fourth-order valence-corrected chi connectivity index (χ4v) is 4.71. The molecule has 0 heterocycles. The van der Waals surface area contributed by atoms with Crippen LogP contribution in [0.5, 0.6) is 0 Å². The highest BCUT2D eigenvalue weighted by Gasteiger charge is 2.26. The minimum Gasteiger partial charge on any atom is -0.481 e. The van der Waals surface area contributed by atoms with E-state index in [0.717, 1.165) is 9.87 Å². The van der Waals surface area contributed by atoms with Gasteiger partial charge in [-0.1, -0.05) is 26.0 Å². The minimum absolute atomic E-state index is 0.0229. The first-order valence-electron chi connectivity index (χ1n) is 10.7. The summed E-state index contributed by atoms with van der Waals surface area (Å²) in [6.07, 6.45) is -1.08. The van der Waals surface area contributed by atoms with Crippen molar-refractivity contribution in [3.63, 3.8) is 0 Å². The van der Waals surface area contributed by atoms with Crippen LogP contribution in [-0.2, 0) is 14.8 Å². The van der Waals surface area contributed by atoms with Crippen molar-refractivity contribution in [3.05, 3.63) is 59.7 Å². The maximum atomic E-state index is 13.2. The van der Waals surface area contributed by atoms with Gasteiger partial charge in [0.25, 0.3) is 0 Å². The lowest BCUT2D eigenvalue weighted by Crippen LogP contribution is -2.40. The molecule has 0 saturated heterocycles. The molecule has 0 radical (unpaired) electrons. The molecule has 0 amide bonds. The number of nitrogens with one attached hydrogen (secondary N) is 2. The molecule has 10 heteroatoms. The van der Waals surface area contributed by atoms with Crippen molar-refractivity contribution in [1.82, 2.24) is 4.31 Å².